The van der Waals surface area contributed by atoms with E-state index in [4.69, 9.17) is 0 Å². The third-order valence-corrected chi connectivity index (χ3v) is 3.74. The van der Waals surface area contributed by atoms with Crippen molar-refractivity contribution in [2.75, 3.05) is 13.1 Å². The standard InChI is InChI=1S/C14H27N3O2/c1-5-17(6-2)14(19)11(4)16-13(18)12-9-7-8-10(3)15-12/h10-12,15H,5-9H2,1-4H3,(H,16,18). The van der Waals surface area contributed by atoms with Crippen molar-refractivity contribution in [3.8, 4) is 0 Å². The van der Waals surface area contributed by atoms with Crippen molar-refractivity contribution in [2.24, 2.45) is 0 Å². The summed E-state index contributed by atoms with van der Waals surface area (Å²) in [4.78, 5) is 25.9. The Kier molecular flexibility index (Phi) is 6.28. The molecule has 5 nitrogen and oxygen atoms in total. The lowest BCUT2D eigenvalue weighted by Gasteiger charge is -2.29. The van der Waals surface area contributed by atoms with Gasteiger partial charge in [-0.05, 0) is 47.0 Å². The maximum atomic E-state index is 12.1. The van der Waals surface area contributed by atoms with E-state index < -0.39 is 6.04 Å². The second-order valence-corrected chi connectivity index (χ2v) is 5.29. The van der Waals surface area contributed by atoms with E-state index in [0.717, 1.165) is 19.3 Å². The van der Waals surface area contributed by atoms with Gasteiger partial charge in [-0.1, -0.05) is 0 Å². The number of likely N-dealkylation sites (N-methyl/N-ethyl adjacent to an activating group) is 1. The van der Waals surface area contributed by atoms with E-state index >= 15 is 0 Å². The summed E-state index contributed by atoms with van der Waals surface area (Å²) >= 11 is 0. The molecule has 1 heterocycles. The topological polar surface area (TPSA) is 61.4 Å². The second kappa shape index (κ2) is 7.48. The molecule has 0 aliphatic carbocycles. The third kappa shape index (κ3) is 4.49. The molecule has 19 heavy (non-hydrogen) atoms. The van der Waals surface area contributed by atoms with Crippen molar-refractivity contribution in [1.29, 1.82) is 0 Å². The average Bonchev–Trinajstić information content (AvgIpc) is 2.39. The Bertz CT molecular complexity index is 316. The van der Waals surface area contributed by atoms with Crippen molar-refractivity contribution in [1.82, 2.24) is 15.5 Å². The van der Waals surface area contributed by atoms with Crippen LogP contribution in [0.3, 0.4) is 0 Å². The summed E-state index contributed by atoms with van der Waals surface area (Å²) < 4.78 is 0. The highest BCUT2D eigenvalue weighted by Crippen LogP contribution is 2.12. The summed E-state index contributed by atoms with van der Waals surface area (Å²) in [6, 6.07) is -0.236. The first-order valence-corrected chi connectivity index (χ1v) is 7.34. The van der Waals surface area contributed by atoms with Crippen LogP contribution in [0.2, 0.25) is 0 Å². The summed E-state index contributed by atoms with van der Waals surface area (Å²) in [5, 5.41) is 6.11. The number of nitrogens with zero attached hydrogens (tertiary/aromatic N) is 1. The van der Waals surface area contributed by atoms with Gasteiger partial charge in [-0.25, -0.2) is 0 Å². The molecule has 0 spiro atoms. The molecule has 0 aromatic rings. The van der Waals surface area contributed by atoms with Crippen molar-refractivity contribution in [2.45, 2.75) is 65.1 Å². The number of hydrogen-bond acceptors (Lipinski definition) is 3. The molecule has 5 heteroatoms. The normalized spacial score (nSPS) is 24.6. The van der Waals surface area contributed by atoms with Gasteiger partial charge in [-0.2, -0.15) is 0 Å². The van der Waals surface area contributed by atoms with Crippen LogP contribution in [-0.2, 0) is 9.59 Å². The smallest absolute Gasteiger partial charge is 0.244 e. The predicted molar refractivity (Wildman–Crippen MR) is 75.8 cm³/mol. The Morgan fingerprint density at radius 3 is 2.47 bits per heavy atom. The van der Waals surface area contributed by atoms with Crippen LogP contribution in [-0.4, -0.2) is 47.9 Å². The van der Waals surface area contributed by atoms with E-state index in [1.54, 1.807) is 11.8 Å². The molecule has 3 atom stereocenters. The van der Waals surface area contributed by atoms with Crippen LogP contribution in [0.5, 0.6) is 0 Å². The lowest BCUT2D eigenvalue weighted by molar-refractivity contribution is -0.136. The molecule has 110 valence electrons. The van der Waals surface area contributed by atoms with Gasteiger partial charge in [0.15, 0.2) is 0 Å². The highest BCUT2D eigenvalue weighted by molar-refractivity contribution is 5.89. The summed E-state index contributed by atoms with van der Waals surface area (Å²) in [6.07, 6.45) is 3.02. The number of carbonyl (C=O) groups is 2. The Balaban J connectivity index is 2.49. The maximum absolute atomic E-state index is 12.1. The highest BCUT2D eigenvalue weighted by Gasteiger charge is 2.27. The molecule has 0 saturated carbocycles. The zero-order valence-electron chi connectivity index (χ0n) is 12.5. The molecule has 0 bridgehead atoms. The SMILES string of the molecule is CCN(CC)C(=O)C(C)NC(=O)C1CCCC(C)N1. The first-order chi connectivity index (χ1) is 8.99. The zero-order valence-corrected chi connectivity index (χ0v) is 12.5. The fourth-order valence-electron chi connectivity index (χ4n) is 2.53. The first-order valence-electron chi connectivity index (χ1n) is 7.34. The summed E-state index contributed by atoms with van der Waals surface area (Å²) in [7, 11) is 0. The number of piperidine rings is 1. The van der Waals surface area contributed by atoms with Crippen molar-refractivity contribution < 1.29 is 9.59 Å². The van der Waals surface area contributed by atoms with Gasteiger partial charge in [0.1, 0.15) is 6.04 Å². The van der Waals surface area contributed by atoms with Gasteiger partial charge in [0.25, 0.3) is 0 Å². The Hall–Kier alpha value is -1.10. The summed E-state index contributed by atoms with van der Waals surface area (Å²) in [6.45, 7) is 9.08. The number of carbonyl (C=O) groups excluding carboxylic acids is 2. The van der Waals surface area contributed by atoms with Gasteiger partial charge in [0.05, 0.1) is 6.04 Å². The molecular weight excluding hydrogens is 242 g/mol. The quantitative estimate of drug-likeness (QED) is 0.779. The van der Waals surface area contributed by atoms with Gasteiger partial charge >= 0.3 is 0 Å². The minimum atomic E-state index is -0.452. The van der Waals surface area contributed by atoms with E-state index in [-0.39, 0.29) is 17.9 Å². The largest absolute Gasteiger partial charge is 0.343 e. The zero-order chi connectivity index (χ0) is 14.4. The van der Waals surface area contributed by atoms with Gasteiger partial charge in [0.2, 0.25) is 11.8 Å². The monoisotopic (exact) mass is 269 g/mol. The minimum absolute atomic E-state index is 0.0118. The maximum Gasteiger partial charge on any atom is 0.244 e. The number of rotatable bonds is 5. The molecule has 1 aliphatic heterocycles. The third-order valence-electron chi connectivity index (χ3n) is 3.74. The molecule has 0 aromatic heterocycles. The molecule has 2 N–H and O–H groups in total. The molecular formula is C14H27N3O2. The van der Waals surface area contributed by atoms with E-state index in [1.165, 1.54) is 0 Å². The number of nitrogens with one attached hydrogen (secondary N) is 2. The minimum Gasteiger partial charge on any atom is -0.343 e. The Morgan fingerprint density at radius 1 is 1.32 bits per heavy atom. The fourth-order valence-corrected chi connectivity index (χ4v) is 2.53. The van der Waals surface area contributed by atoms with Crippen molar-refractivity contribution in [3.63, 3.8) is 0 Å². The molecule has 1 rings (SSSR count). The molecule has 1 fully saturated rings. The second-order valence-electron chi connectivity index (χ2n) is 5.29. The van der Waals surface area contributed by atoms with Crippen LogP contribution < -0.4 is 10.6 Å². The average molecular weight is 269 g/mol. The van der Waals surface area contributed by atoms with Crippen molar-refractivity contribution >= 4 is 11.8 Å². The lowest BCUT2D eigenvalue weighted by Crippen LogP contribution is -2.54. The Morgan fingerprint density at radius 2 is 1.95 bits per heavy atom. The number of hydrogen-bond donors (Lipinski definition) is 2. The molecule has 1 saturated heterocycles. The number of amides is 2. The van der Waals surface area contributed by atoms with Gasteiger partial charge < -0.3 is 15.5 Å². The van der Waals surface area contributed by atoms with Crippen LogP contribution in [0.4, 0.5) is 0 Å². The van der Waals surface area contributed by atoms with E-state index in [1.807, 2.05) is 13.8 Å². The van der Waals surface area contributed by atoms with Crippen LogP contribution in [0.1, 0.15) is 47.0 Å². The molecule has 0 radical (unpaired) electrons. The van der Waals surface area contributed by atoms with Crippen molar-refractivity contribution in [3.05, 3.63) is 0 Å². The molecule has 0 aromatic carbocycles. The van der Waals surface area contributed by atoms with Crippen LogP contribution in [0.15, 0.2) is 0 Å². The summed E-state index contributed by atoms with van der Waals surface area (Å²) in [5.74, 6) is -0.0678. The van der Waals surface area contributed by atoms with E-state index in [2.05, 4.69) is 17.6 Å². The molecule has 3 unspecified atom stereocenters. The van der Waals surface area contributed by atoms with Gasteiger partial charge in [-0.15, -0.1) is 0 Å². The van der Waals surface area contributed by atoms with Crippen LogP contribution in [0, 0.1) is 0 Å². The highest BCUT2D eigenvalue weighted by atomic mass is 16.2. The predicted octanol–water partition coefficient (Wildman–Crippen LogP) is 0.890. The van der Waals surface area contributed by atoms with Gasteiger partial charge in [0, 0.05) is 19.1 Å². The summed E-state index contributed by atoms with van der Waals surface area (Å²) in [5.41, 5.74) is 0. The Labute approximate surface area is 116 Å². The van der Waals surface area contributed by atoms with E-state index in [0.29, 0.717) is 19.1 Å². The fraction of sp³-hybridized carbons (Fsp3) is 0.857. The van der Waals surface area contributed by atoms with Gasteiger partial charge in [-0.3, -0.25) is 9.59 Å². The van der Waals surface area contributed by atoms with E-state index in [9.17, 15) is 9.59 Å². The van der Waals surface area contributed by atoms with Crippen LogP contribution >= 0.6 is 0 Å². The molecule has 1 aliphatic rings. The lowest BCUT2D eigenvalue weighted by atomic mass is 9.99. The van der Waals surface area contributed by atoms with Crippen LogP contribution in [0.25, 0.3) is 0 Å². The first kappa shape index (κ1) is 16.0. The molecule has 2 amide bonds.